The summed E-state index contributed by atoms with van der Waals surface area (Å²) in [5, 5.41) is 14.3. The third-order valence-corrected chi connectivity index (χ3v) is 13.4. The van der Waals surface area contributed by atoms with Crippen molar-refractivity contribution in [1.82, 2.24) is 5.06 Å². The molecule has 0 N–H and O–H groups in total. The van der Waals surface area contributed by atoms with Gasteiger partial charge in [0.2, 0.25) is 0 Å². The molecule has 0 radical (unpaired) electrons. The van der Waals surface area contributed by atoms with E-state index in [1.165, 1.54) is 18.2 Å². The Morgan fingerprint density at radius 3 is 2.14 bits per heavy atom. The molecule has 0 spiro atoms. The van der Waals surface area contributed by atoms with Gasteiger partial charge >= 0.3 is 5.97 Å². The second kappa shape index (κ2) is 21.0. The summed E-state index contributed by atoms with van der Waals surface area (Å²) < 4.78 is 58.8. The Labute approximate surface area is 381 Å². The molecular formula is C48H59N3O13S-2. The van der Waals surface area contributed by atoms with Crippen LogP contribution in [-0.2, 0) is 63.9 Å². The second-order valence-electron chi connectivity index (χ2n) is 17.4. The van der Waals surface area contributed by atoms with Crippen LogP contribution in [0.15, 0.2) is 88.2 Å². The number of imide groups is 1. The molecule has 1 fully saturated rings. The van der Waals surface area contributed by atoms with Crippen LogP contribution < -0.4 is 14.9 Å². The van der Waals surface area contributed by atoms with Gasteiger partial charge in [-0.3, -0.25) is 14.4 Å². The molecule has 352 valence electrons. The number of amides is 2. The van der Waals surface area contributed by atoms with Crippen LogP contribution in [-0.4, -0.2) is 115 Å². The number of Topliss-reactive ketones (excluding diaryl/α,β-unsaturated/α-hetero) is 1. The minimum absolute atomic E-state index is 0.00366. The third-order valence-electron chi connectivity index (χ3n) is 12.6. The molecule has 0 aromatic heterocycles. The molecule has 17 heteroatoms. The summed E-state index contributed by atoms with van der Waals surface area (Å²) in [6.07, 6.45) is 8.49. The zero-order valence-electron chi connectivity index (χ0n) is 38.0. The number of methoxy groups -OCH3 is 2. The number of fused-ring (bicyclic) bond motifs is 2. The Morgan fingerprint density at radius 1 is 0.831 bits per heavy atom. The van der Waals surface area contributed by atoms with Crippen LogP contribution >= 0.6 is 0 Å². The Bertz CT molecular complexity index is 2370. The number of hydroxylamine groups is 2. The quantitative estimate of drug-likeness (QED) is 0.0648. The number of allylic oxidation sites excluding steroid dienone is 6. The van der Waals surface area contributed by atoms with Crippen molar-refractivity contribution in [1.29, 1.82) is 0 Å². The number of benzene rings is 2. The zero-order chi connectivity index (χ0) is 47.1. The van der Waals surface area contributed by atoms with E-state index in [1.54, 1.807) is 32.4 Å². The number of rotatable bonds is 23. The number of ketones is 1. The molecule has 4 aliphatic rings. The first-order valence-corrected chi connectivity index (χ1v) is 23.4. The van der Waals surface area contributed by atoms with Crippen molar-refractivity contribution in [3.8, 4) is 0 Å². The van der Waals surface area contributed by atoms with Gasteiger partial charge in [-0.15, -0.1) is 5.06 Å². The van der Waals surface area contributed by atoms with Gasteiger partial charge in [-0.25, -0.2) is 13.2 Å². The van der Waals surface area contributed by atoms with Crippen LogP contribution in [0, 0.1) is 6.92 Å². The van der Waals surface area contributed by atoms with Crippen LogP contribution in [0.25, 0.3) is 0 Å². The fourth-order valence-corrected chi connectivity index (χ4v) is 9.53. The average molecular weight is 918 g/mol. The van der Waals surface area contributed by atoms with E-state index in [2.05, 4.69) is 36.9 Å². The van der Waals surface area contributed by atoms with Crippen molar-refractivity contribution in [3.63, 3.8) is 0 Å². The fourth-order valence-electron chi connectivity index (χ4n) is 9.03. The van der Waals surface area contributed by atoms with Gasteiger partial charge in [0.15, 0.2) is 5.78 Å². The highest BCUT2D eigenvalue weighted by Gasteiger charge is 2.45. The summed E-state index contributed by atoms with van der Waals surface area (Å²) in [6.45, 7) is 11.5. The molecule has 1 aliphatic carbocycles. The van der Waals surface area contributed by atoms with E-state index in [9.17, 15) is 37.3 Å². The Morgan fingerprint density at radius 2 is 1.49 bits per heavy atom. The molecule has 65 heavy (non-hydrogen) atoms. The van der Waals surface area contributed by atoms with Crippen molar-refractivity contribution in [2.75, 3.05) is 76.8 Å². The molecule has 2 unspecified atom stereocenters. The number of carbonyl (C=O) groups is 4. The van der Waals surface area contributed by atoms with Crippen LogP contribution in [0.1, 0.15) is 82.4 Å². The number of nitrogens with zero attached hydrogens (tertiary/aromatic N) is 3. The van der Waals surface area contributed by atoms with Crippen LogP contribution in [0.2, 0.25) is 0 Å². The maximum Gasteiger partial charge on any atom is 0.333 e. The number of hydrogen-bond acceptors (Lipinski definition) is 15. The minimum Gasteiger partial charge on any atom is -0.871 e. The largest absolute Gasteiger partial charge is 0.871 e. The molecule has 0 bridgehead atoms. The van der Waals surface area contributed by atoms with Gasteiger partial charge in [0.05, 0.1) is 50.6 Å². The first kappa shape index (κ1) is 49.3. The van der Waals surface area contributed by atoms with Crippen LogP contribution in [0.4, 0.5) is 11.4 Å². The Balaban J connectivity index is 1.27. The molecule has 2 aromatic carbocycles. The topological polar surface area (TPSA) is 204 Å². The molecule has 6 rings (SSSR count). The SMILES string of the molecule is COCCOCCN1C(=CC=C2C(=O)C(C=CC3N(CCOCCOC)c4ccc(C)cc4C3(C)C)=C2[O-])C(C)(CCCCCC(=O)ON2C(=O)CCC2=O)c2cc(S(=O)(=O)[O-])ccc21. The fraction of sp³-hybridized carbons (Fsp3) is 0.500. The van der Waals surface area contributed by atoms with Gasteiger partial charge < -0.3 is 43.2 Å². The van der Waals surface area contributed by atoms with Gasteiger partial charge in [-0.2, -0.15) is 0 Å². The van der Waals surface area contributed by atoms with Crippen molar-refractivity contribution in [3.05, 3.63) is 100.0 Å². The van der Waals surface area contributed by atoms with Crippen molar-refractivity contribution in [2.45, 2.75) is 94.4 Å². The van der Waals surface area contributed by atoms with E-state index in [0.717, 1.165) is 16.8 Å². The smallest absolute Gasteiger partial charge is 0.333 e. The lowest BCUT2D eigenvalue weighted by atomic mass is 9.76. The van der Waals surface area contributed by atoms with E-state index in [0.29, 0.717) is 93.8 Å². The molecule has 16 nitrogen and oxygen atoms in total. The predicted octanol–water partition coefficient (Wildman–Crippen LogP) is 4.59. The molecule has 3 aliphatic heterocycles. The Kier molecular flexibility index (Phi) is 15.9. The maximum absolute atomic E-state index is 13.8. The number of anilines is 2. The maximum atomic E-state index is 13.8. The highest BCUT2D eigenvalue weighted by Crippen LogP contribution is 2.52. The van der Waals surface area contributed by atoms with Crippen molar-refractivity contribution < 1.29 is 61.0 Å². The van der Waals surface area contributed by atoms with Gasteiger partial charge in [0, 0.05) is 85.6 Å². The zero-order valence-corrected chi connectivity index (χ0v) is 38.8. The van der Waals surface area contributed by atoms with E-state index in [-0.39, 0.29) is 48.5 Å². The van der Waals surface area contributed by atoms with Crippen LogP contribution in [0.3, 0.4) is 0 Å². The normalized spacial score (nSPS) is 21.7. The third kappa shape index (κ3) is 10.8. The summed E-state index contributed by atoms with van der Waals surface area (Å²) in [7, 11) is -1.65. The lowest BCUT2D eigenvalue weighted by Crippen LogP contribution is -2.42. The minimum atomic E-state index is -4.84. The van der Waals surface area contributed by atoms with Crippen molar-refractivity contribution >= 4 is 45.1 Å². The molecule has 3 heterocycles. The standard InChI is InChI=1S/C48H61N3O13S/c1-32-11-15-38-36(30-32)47(2,3)40(49(38)22-24-62-28-26-60-5)17-13-34-45(55)35(46(34)56)14-18-41-48(4,21-9-7-8-10-44(54)64-51-42(52)19-20-43(51)53)37-31-33(65(57,58)59)12-16-39(37)50(41)23-25-63-29-27-61-6/h11-18,30-31,40,55H,7-10,19-29H2,1-6H3,(H,57,58,59)/p-2. The summed E-state index contributed by atoms with van der Waals surface area (Å²) in [4.78, 5) is 58.9. The van der Waals surface area contributed by atoms with Gasteiger partial charge in [-0.05, 0) is 74.2 Å². The number of carbonyl (C=O) groups excluding carboxylic acids is 4. The number of unbranched alkanes of at least 4 members (excludes halogenated alkanes) is 2. The van der Waals surface area contributed by atoms with E-state index >= 15 is 0 Å². The van der Waals surface area contributed by atoms with Crippen LogP contribution in [0.5, 0.6) is 0 Å². The molecule has 0 saturated carbocycles. The monoisotopic (exact) mass is 917 g/mol. The second-order valence-corrected chi connectivity index (χ2v) is 18.8. The highest BCUT2D eigenvalue weighted by atomic mass is 32.2. The molecule has 2 aromatic rings. The first-order valence-electron chi connectivity index (χ1n) is 22.0. The summed E-state index contributed by atoms with van der Waals surface area (Å²) in [5.41, 5.74) is 3.98. The summed E-state index contributed by atoms with van der Waals surface area (Å²) in [6, 6.07) is 10.4. The lowest BCUT2D eigenvalue weighted by molar-refractivity contribution is -0.300. The van der Waals surface area contributed by atoms with E-state index < -0.39 is 49.8 Å². The summed E-state index contributed by atoms with van der Waals surface area (Å²) >= 11 is 0. The van der Waals surface area contributed by atoms with Gasteiger partial charge in [-0.1, -0.05) is 62.3 Å². The number of ether oxygens (including phenoxy) is 4. The molecular weight excluding hydrogens is 859 g/mol. The lowest BCUT2D eigenvalue weighted by Gasteiger charge is -2.34. The predicted molar refractivity (Wildman–Crippen MR) is 237 cm³/mol. The van der Waals surface area contributed by atoms with E-state index in [4.69, 9.17) is 23.8 Å². The Hall–Kier alpha value is -5.17. The number of aryl methyl sites for hydroxylation is 1. The van der Waals surface area contributed by atoms with Crippen molar-refractivity contribution in [2.24, 2.45) is 0 Å². The van der Waals surface area contributed by atoms with E-state index in [1.807, 2.05) is 24.8 Å². The molecule has 2 amide bonds. The first-order chi connectivity index (χ1) is 30.9. The molecule has 1 saturated heterocycles. The highest BCUT2D eigenvalue weighted by molar-refractivity contribution is 7.85. The summed E-state index contributed by atoms with van der Waals surface area (Å²) in [5.74, 6) is -2.65. The number of hydrogen-bond donors (Lipinski definition) is 0. The van der Waals surface area contributed by atoms with Gasteiger partial charge in [0.1, 0.15) is 10.1 Å². The average Bonchev–Trinajstić information content (AvgIpc) is 3.78. The van der Waals surface area contributed by atoms with Gasteiger partial charge in [0.25, 0.3) is 11.8 Å². The molecule has 2 atom stereocenters.